The standard InChI is InChI=1S/C42H34N4/c1-3-33-11-12-34-4-2-22-46-24-18-32(8-6-30-10-14-38-36(26-30)16-20-44-38)28-40(46)42(34)41(33)39-27-31(17-23-45(39)21-1)7-5-29-9-13-37-35(25-29)15-19-43-37/h5-20,23-28H,1-4,21-22H2/p+2. The van der Waals surface area contributed by atoms with Crippen molar-refractivity contribution in [2.24, 2.45) is 0 Å². The molecular formula is C42H36N4+2. The Morgan fingerprint density at radius 3 is 1.41 bits per heavy atom. The second-order valence-corrected chi connectivity index (χ2v) is 12.7. The number of nitrogens with zero attached hydrogens (tertiary/aromatic N) is 2. The van der Waals surface area contributed by atoms with Gasteiger partial charge in [-0.1, -0.05) is 48.6 Å². The summed E-state index contributed by atoms with van der Waals surface area (Å²) < 4.78 is 4.96. The molecule has 222 valence electrons. The summed E-state index contributed by atoms with van der Waals surface area (Å²) in [5.74, 6) is 0. The van der Waals surface area contributed by atoms with Crippen molar-refractivity contribution in [3.05, 3.63) is 143 Å². The summed E-state index contributed by atoms with van der Waals surface area (Å²) in [5, 5.41) is 2.48. The molecule has 46 heavy (non-hydrogen) atoms. The van der Waals surface area contributed by atoms with Gasteiger partial charge in [0.15, 0.2) is 12.4 Å². The highest BCUT2D eigenvalue weighted by Crippen LogP contribution is 2.39. The summed E-state index contributed by atoms with van der Waals surface area (Å²) >= 11 is 0. The number of benzene rings is 3. The van der Waals surface area contributed by atoms with Gasteiger partial charge in [-0.15, -0.1) is 0 Å². The van der Waals surface area contributed by atoms with Crippen molar-refractivity contribution >= 4 is 46.1 Å². The van der Waals surface area contributed by atoms with Gasteiger partial charge in [-0.05, 0) is 93.4 Å². The first-order valence-corrected chi connectivity index (χ1v) is 16.5. The van der Waals surface area contributed by atoms with Crippen LogP contribution in [0, 0.1) is 0 Å². The smallest absolute Gasteiger partial charge is 0.214 e. The molecule has 7 aromatic rings. The Labute approximate surface area is 269 Å². The molecule has 4 nitrogen and oxygen atoms in total. The highest BCUT2D eigenvalue weighted by Gasteiger charge is 2.31. The number of aryl methyl sites for hydroxylation is 4. The molecule has 0 radical (unpaired) electrons. The van der Waals surface area contributed by atoms with Crippen molar-refractivity contribution in [1.82, 2.24) is 9.97 Å². The van der Waals surface area contributed by atoms with Gasteiger partial charge in [0.1, 0.15) is 13.1 Å². The van der Waals surface area contributed by atoms with E-state index >= 15 is 0 Å². The van der Waals surface area contributed by atoms with Crippen molar-refractivity contribution in [2.45, 2.75) is 38.8 Å². The van der Waals surface area contributed by atoms with Gasteiger partial charge in [0.05, 0.1) is 11.1 Å². The molecule has 3 aromatic carbocycles. The average molecular weight is 597 g/mol. The Morgan fingerprint density at radius 2 is 0.935 bits per heavy atom. The topological polar surface area (TPSA) is 39.3 Å². The van der Waals surface area contributed by atoms with Crippen molar-refractivity contribution in [1.29, 1.82) is 0 Å². The molecule has 2 aliphatic rings. The third-order valence-electron chi connectivity index (χ3n) is 9.79. The van der Waals surface area contributed by atoms with Gasteiger partial charge in [0, 0.05) is 60.5 Å². The number of nitrogens with one attached hydrogen (secondary N) is 2. The molecule has 0 saturated carbocycles. The first kappa shape index (κ1) is 26.9. The number of rotatable bonds is 4. The molecule has 0 amide bonds. The van der Waals surface area contributed by atoms with E-state index in [2.05, 4.69) is 141 Å². The van der Waals surface area contributed by atoms with Gasteiger partial charge < -0.3 is 9.97 Å². The van der Waals surface area contributed by atoms with Gasteiger partial charge in [-0.3, -0.25) is 0 Å². The Kier molecular flexibility index (Phi) is 6.52. The lowest BCUT2D eigenvalue weighted by atomic mass is 9.88. The number of pyridine rings is 2. The number of hydrogen-bond donors (Lipinski definition) is 2. The number of hydrogen-bond acceptors (Lipinski definition) is 0. The predicted octanol–water partition coefficient (Wildman–Crippen LogP) is 8.79. The second kappa shape index (κ2) is 11.1. The van der Waals surface area contributed by atoms with E-state index in [0.717, 1.165) is 38.8 Å². The second-order valence-electron chi connectivity index (χ2n) is 12.7. The van der Waals surface area contributed by atoms with Crippen molar-refractivity contribution < 1.29 is 9.13 Å². The van der Waals surface area contributed by atoms with Gasteiger partial charge in [0.25, 0.3) is 0 Å². The number of H-pyrrole nitrogens is 2. The van der Waals surface area contributed by atoms with Gasteiger partial charge in [-0.25, -0.2) is 0 Å². The molecule has 4 aromatic heterocycles. The van der Waals surface area contributed by atoms with Crippen LogP contribution in [0.2, 0.25) is 0 Å². The normalized spacial score (nSPS) is 14.3. The molecule has 4 heteroatoms. The summed E-state index contributed by atoms with van der Waals surface area (Å²) in [6.45, 7) is 2.06. The van der Waals surface area contributed by atoms with E-state index in [1.165, 1.54) is 77.7 Å². The van der Waals surface area contributed by atoms with Crippen LogP contribution in [-0.4, -0.2) is 9.97 Å². The van der Waals surface area contributed by atoms with Crippen LogP contribution in [0.25, 0.3) is 68.6 Å². The SMILES string of the molecule is C(=C\c1ccc2[nH]ccc2c1)/c1cc[n+]2c(c1)-c1c(ccc3c1-c1cc(/C=C/c4ccc5[nH]ccc5c4)cc[n+]1CCC3)CCC2. The van der Waals surface area contributed by atoms with Crippen LogP contribution in [0.1, 0.15) is 46.2 Å². The average Bonchev–Trinajstić information content (AvgIpc) is 3.67. The maximum absolute atomic E-state index is 3.30. The highest BCUT2D eigenvalue weighted by molar-refractivity contribution is 5.87. The van der Waals surface area contributed by atoms with E-state index in [-0.39, 0.29) is 0 Å². The molecular weight excluding hydrogens is 560 g/mol. The Hall–Kier alpha value is -5.48. The Bertz CT molecular complexity index is 2170. The molecule has 9 rings (SSSR count). The van der Waals surface area contributed by atoms with E-state index in [1.807, 2.05) is 12.4 Å². The zero-order valence-corrected chi connectivity index (χ0v) is 25.8. The minimum absolute atomic E-state index is 1.03. The molecule has 0 bridgehead atoms. The summed E-state index contributed by atoms with van der Waals surface area (Å²) in [4.78, 5) is 6.59. The molecule has 2 aliphatic heterocycles. The monoisotopic (exact) mass is 596 g/mol. The van der Waals surface area contributed by atoms with Crippen LogP contribution in [0.4, 0.5) is 0 Å². The molecule has 0 aliphatic carbocycles. The first-order valence-electron chi connectivity index (χ1n) is 16.5. The lowest BCUT2D eigenvalue weighted by Gasteiger charge is -2.14. The minimum Gasteiger partial charge on any atom is -0.361 e. The lowest BCUT2D eigenvalue weighted by molar-refractivity contribution is -0.687. The fourth-order valence-corrected chi connectivity index (χ4v) is 7.43. The minimum atomic E-state index is 1.03. The van der Waals surface area contributed by atoms with Gasteiger partial charge >= 0.3 is 0 Å². The Morgan fingerprint density at radius 1 is 0.478 bits per heavy atom. The molecule has 0 atom stereocenters. The summed E-state index contributed by atoms with van der Waals surface area (Å²) in [7, 11) is 0. The number of aromatic nitrogens is 4. The summed E-state index contributed by atoms with van der Waals surface area (Å²) in [6, 6.07) is 31.6. The summed E-state index contributed by atoms with van der Waals surface area (Å²) in [6.07, 6.45) is 22.1. The van der Waals surface area contributed by atoms with Crippen molar-refractivity contribution in [3.8, 4) is 22.5 Å². The van der Waals surface area contributed by atoms with Crippen molar-refractivity contribution in [3.63, 3.8) is 0 Å². The van der Waals surface area contributed by atoms with E-state index in [9.17, 15) is 0 Å². The van der Waals surface area contributed by atoms with E-state index in [0.29, 0.717) is 0 Å². The zero-order valence-electron chi connectivity index (χ0n) is 25.8. The third-order valence-corrected chi connectivity index (χ3v) is 9.79. The van der Waals surface area contributed by atoms with E-state index in [4.69, 9.17) is 0 Å². The fraction of sp³-hybridized carbons (Fsp3) is 0.143. The number of aromatic amines is 2. The largest absolute Gasteiger partial charge is 0.361 e. The van der Waals surface area contributed by atoms with E-state index < -0.39 is 0 Å². The predicted molar refractivity (Wildman–Crippen MR) is 189 cm³/mol. The third kappa shape index (κ3) is 4.87. The molecule has 0 unspecified atom stereocenters. The molecule has 0 fully saturated rings. The van der Waals surface area contributed by atoms with Crippen LogP contribution in [-0.2, 0) is 25.9 Å². The zero-order chi connectivity index (χ0) is 30.5. The lowest BCUT2D eigenvalue weighted by Crippen LogP contribution is -2.36. The quantitative estimate of drug-likeness (QED) is 0.191. The maximum Gasteiger partial charge on any atom is 0.214 e. The van der Waals surface area contributed by atoms with Crippen LogP contribution in [0.3, 0.4) is 0 Å². The molecule has 6 heterocycles. The van der Waals surface area contributed by atoms with Gasteiger partial charge in [-0.2, -0.15) is 9.13 Å². The van der Waals surface area contributed by atoms with Crippen LogP contribution in [0.15, 0.2) is 110 Å². The van der Waals surface area contributed by atoms with E-state index in [1.54, 1.807) is 0 Å². The Balaban J connectivity index is 1.14. The van der Waals surface area contributed by atoms with Crippen molar-refractivity contribution in [2.75, 3.05) is 0 Å². The van der Waals surface area contributed by atoms with Crippen LogP contribution in [0.5, 0.6) is 0 Å². The van der Waals surface area contributed by atoms with Crippen LogP contribution >= 0.6 is 0 Å². The highest BCUT2D eigenvalue weighted by atomic mass is 15.0. The first-order chi connectivity index (χ1) is 22.7. The fourth-order valence-electron chi connectivity index (χ4n) is 7.43. The maximum atomic E-state index is 3.30. The molecule has 0 spiro atoms. The van der Waals surface area contributed by atoms with Gasteiger partial charge in [0.2, 0.25) is 11.4 Å². The summed E-state index contributed by atoms with van der Waals surface area (Å²) in [5.41, 5.74) is 15.6. The molecule has 0 saturated heterocycles. The van der Waals surface area contributed by atoms with Crippen LogP contribution < -0.4 is 9.13 Å². The molecule has 2 N–H and O–H groups in total. The number of fused-ring (bicyclic) bond motifs is 9.